The summed E-state index contributed by atoms with van der Waals surface area (Å²) in [5.41, 5.74) is -1.67. The Morgan fingerprint density at radius 1 is 1.09 bits per heavy atom. The largest absolute Gasteiger partial charge is 0.386 e. The zero-order valence-electron chi connectivity index (χ0n) is 18.3. The molecule has 8 nitrogen and oxygen atoms in total. The van der Waals surface area contributed by atoms with E-state index in [-0.39, 0.29) is 19.8 Å². The highest BCUT2D eigenvalue weighted by atomic mass is 19.1. The van der Waals surface area contributed by atoms with E-state index in [2.05, 4.69) is 6.58 Å². The van der Waals surface area contributed by atoms with Crippen LogP contribution in [0.3, 0.4) is 0 Å². The fraction of sp³-hybridized carbons (Fsp3) is 0.280. The Labute approximate surface area is 194 Å². The summed E-state index contributed by atoms with van der Waals surface area (Å²) in [4.78, 5) is 25.7. The number of hydrogen-bond donors (Lipinski definition) is 2. The Morgan fingerprint density at radius 2 is 1.71 bits per heavy atom. The van der Waals surface area contributed by atoms with Crippen LogP contribution in [-0.4, -0.2) is 39.1 Å². The Balaban J connectivity index is 1.62. The van der Waals surface area contributed by atoms with Gasteiger partial charge in [0.05, 0.1) is 26.0 Å². The van der Waals surface area contributed by atoms with E-state index in [9.17, 15) is 19.1 Å². The molecule has 0 amide bonds. The smallest absolute Gasteiger partial charge is 0.330 e. The number of aromatic nitrogens is 2. The van der Waals surface area contributed by atoms with Gasteiger partial charge in [0.15, 0.2) is 6.23 Å². The first-order valence-electron chi connectivity index (χ1n) is 10.7. The number of aromatic amines is 1. The number of hydrogen-bond acceptors (Lipinski definition) is 6. The Kier molecular flexibility index (Phi) is 7.18. The lowest BCUT2D eigenvalue weighted by Crippen LogP contribution is -2.47. The van der Waals surface area contributed by atoms with Gasteiger partial charge in [-0.2, -0.15) is 4.39 Å². The van der Waals surface area contributed by atoms with E-state index in [1.165, 1.54) is 6.08 Å². The highest BCUT2D eigenvalue weighted by Crippen LogP contribution is 2.40. The predicted octanol–water partition coefficient (Wildman–Crippen LogP) is 2.29. The number of rotatable bonds is 9. The van der Waals surface area contributed by atoms with Crippen molar-refractivity contribution in [1.29, 1.82) is 0 Å². The maximum Gasteiger partial charge on any atom is 0.330 e. The summed E-state index contributed by atoms with van der Waals surface area (Å²) >= 11 is 0. The molecule has 0 radical (unpaired) electrons. The standard InChI is InChI=1S/C25H25FN2O6/c1-2-25(16-32-14-17-9-5-3-6-10-17)21(33-15-18-11-7-4-8-12-18)20(29)23(34-25)28-13-19(26)22(30)27-24(28)31/h2-13,20-21,23,29H,1,14-16H2,(H,27,30,31)/t20-,21+,23-,25-/m1/s1. The van der Waals surface area contributed by atoms with E-state index in [1.807, 2.05) is 65.6 Å². The average molecular weight is 468 g/mol. The molecule has 2 N–H and O–H groups in total. The van der Waals surface area contributed by atoms with Crippen molar-refractivity contribution in [2.75, 3.05) is 6.61 Å². The molecule has 0 bridgehead atoms. The molecule has 1 saturated heterocycles. The Bertz CT molecular complexity index is 1230. The van der Waals surface area contributed by atoms with Crippen LogP contribution in [0.2, 0.25) is 0 Å². The summed E-state index contributed by atoms with van der Waals surface area (Å²) in [6.07, 6.45) is -1.60. The van der Waals surface area contributed by atoms with Crippen LogP contribution in [0, 0.1) is 5.82 Å². The summed E-state index contributed by atoms with van der Waals surface area (Å²) in [5.74, 6) is -1.19. The number of H-pyrrole nitrogens is 1. The molecule has 2 heterocycles. The van der Waals surface area contributed by atoms with Gasteiger partial charge in [0, 0.05) is 0 Å². The maximum absolute atomic E-state index is 14.0. The van der Waals surface area contributed by atoms with Crippen molar-refractivity contribution in [3.8, 4) is 0 Å². The van der Waals surface area contributed by atoms with Gasteiger partial charge in [-0.05, 0) is 11.1 Å². The zero-order valence-corrected chi connectivity index (χ0v) is 18.3. The number of aliphatic hydroxyl groups is 1. The Hall–Kier alpha value is -3.37. The van der Waals surface area contributed by atoms with Crippen molar-refractivity contribution in [3.63, 3.8) is 0 Å². The van der Waals surface area contributed by atoms with Crippen molar-refractivity contribution in [3.05, 3.63) is 117 Å². The molecule has 4 rings (SSSR count). The lowest BCUT2D eigenvalue weighted by Gasteiger charge is -2.31. The average Bonchev–Trinajstić information content (AvgIpc) is 3.13. The normalized spacial score (nSPS) is 24.2. The van der Waals surface area contributed by atoms with E-state index >= 15 is 0 Å². The molecule has 1 aliphatic heterocycles. The van der Waals surface area contributed by atoms with Gasteiger partial charge < -0.3 is 19.3 Å². The maximum atomic E-state index is 14.0. The molecule has 3 aromatic rings. The number of ether oxygens (including phenoxy) is 3. The van der Waals surface area contributed by atoms with Crippen LogP contribution in [0.25, 0.3) is 0 Å². The fourth-order valence-electron chi connectivity index (χ4n) is 3.91. The molecule has 4 atom stereocenters. The van der Waals surface area contributed by atoms with Crippen LogP contribution in [0.15, 0.2) is 89.1 Å². The lowest BCUT2D eigenvalue weighted by molar-refractivity contribution is -0.130. The second-order valence-corrected chi connectivity index (χ2v) is 8.00. The van der Waals surface area contributed by atoms with Gasteiger partial charge in [0.2, 0.25) is 5.82 Å². The third-order valence-electron chi connectivity index (χ3n) is 5.68. The SMILES string of the molecule is C=C[C@]1(COCc2ccccc2)O[C@@H](n2cc(F)c(=O)[nH]c2=O)[C@H](O)[C@@H]1OCc1ccccc1. The predicted molar refractivity (Wildman–Crippen MR) is 121 cm³/mol. The van der Waals surface area contributed by atoms with E-state index in [1.54, 1.807) is 0 Å². The van der Waals surface area contributed by atoms with Crippen LogP contribution in [0.4, 0.5) is 4.39 Å². The molecular weight excluding hydrogens is 443 g/mol. The molecule has 2 aromatic carbocycles. The monoisotopic (exact) mass is 468 g/mol. The number of nitrogens with one attached hydrogen (secondary N) is 1. The van der Waals surface area contributed by atoms with E-state index < -0.39 is 41.1 Å². The molecule has 0 unspecified atom stereocenters. The minimum absolute atomic E-state index is 0.0566. The second-order valence-electron chi connectivity index (χ2n) is 8.00. The first kappa shape index (κ1) is 23.8. The molecular formula is C25H25FN2O6. The molecule has 1 aliphatic rings. The minimum Gasteiger partial charge on any atom is -0.386 e. The van der Waals surface area contributed by atoms with E-state index in [0.29, 0.717) is 6.20 Å². The second kappa shape index (κ2) is 10.3. The zero-order chi connectivity index (χ0) is 24.1. The first-order chi connectivity index (χ1) is 16.4. The Morgan fingerprint density at radius 3 is 2.32 bits per heavy atom. The van der Waals surface area contributed by atoms with Gasteiger partial charge >= 0.3 is 5.69 Å². The molecule has 0 saturated carbocycles. The molecule has 178 valence electrons. The summed E-state index contributed by atoms with van der Waals surface area (Å²) in [7, 11) is 0. The lowest BCUT2D eigenvalue weighted by atomic mass is 9.95. The van der Waals surface area contributed by atoms with Gasteiger partial charge in [0.1, 0.15) is 17.8 Å². The van der Waals surface area contributed by atoms with Crippen molar-refractivity contribution in [2.24, 2.45) is 0 Å². The van der Waals surface area contributed by atoms with Crippen LogP contribution in [-0.2, 0) is 27.4 Å². The van der Waals surface area contributed by atoms with E-state index in [0.717, 1.165) is 15.7 Å². The number of aliphatic hydroxyl groups excluding tert-OH is 1. The molecule has 1 fully saturated rings. The topological polar surface area (TPSA) is 103 Å². The third kappa shape index (κ3) is 4.92. The van der Waals surface area contributed by atoms with Gasteiger partial charge in [0.25, 0.3) is 5.56 Å². The number of benzene rings is 2. The van der Waals surface area contributed by atoms with Crippen molar-refractivity contribution < 1.29 is 23.7 Å². The molecule has 1 aromatic heterocycles. The number of nitrogens with zero attached hydrogens (tertiary/aromatic N) is 1. The van der Waals surface area contributed by atoms with Crippen molar-refractivity contribution in [1.82, 2.24) is 9.55 Å². The van der Waals surface area contributed by atoms with Gasteiger partial charge in [-0.1, -0.05) is 66.7 Å². The van der Waals surface area contributed by atoms with Gasteiger partial charge in [-0.3, -0.25) is 14.3 Å². The highest BCUT2D eigenvalue weighted by Gasteiger charge is 2.55. The molecule has 34 heavy (non-hydrogen) atoms. The van der Waals surface area contributed by atoms with Crippen LogP contribution >= 0.6 is 0 Å². The molecule has 0 aliphatic carbocycles. The van der Waals surface area contributed by atoms with E-state index in [4.69, 9.17) is 14.2 Å². The van der Waals surface area contributed by atoms with Gasteiger partial charge in [-0.15, -0.1) is 6.58 Å². The summed E-state index contributed by atoms with van der Waals surface area (Å²) in [5, 5.41) is 11.1. The van der Waals surface area contributed by atoms with Gasteiger partial charge in [-0.25, -0.2) is 4.79 Å². The summed E-state index contributed by atoms with van der Waals surface area (Å²) in [6.45, 7) is 4.19. The first-order valence-corrected chi connectivity index (χ1v) is 10.7. The quantitative estimate of drug-likeness (QED) is 0.467. The fourth-order valence-corrected chi connectivity index (χ4v) is 3.91. The minimum atomic E-state index is -1.40. The molecule has 0 spiro atoms. The summed E-state index contributed by atoms with van der Waals surface area (Å²) < 4.78 is 32.7. The van der Waals surface area contributed by atoms with Crippen LogP contribution in [0.5, 0.6) is 0 Å². The van der Waals surface area contributed by atoms with Crippen molar-refractivity contribution >= 4 is 0 Å². The van der Waals surface area contributed by atoms with Crippen LogP contribution < -0.4 is 11.2 Å². The van der Waals surface area contributed by atoms with Crippen molar-refractivity contribution in [2.45, 2.75) is 37.3 Å². The highest BCUT2D eigenvalue weighted by molar-refractivity contribution is 5.17. The third-order valence-corrected chi connectivity index (χ3v) is 5.68. The van der Waals surface area contributed by atoms with Crippen LogP contribution in [0.1, 0.15) is 17.4 Å². The number of halogens is 1. The summed E-state index contributed by atoms with van der Waals surface area (Å²) in [6, 6.07) is 18.8. The molecule has 9 heteroatoms.